The molecule has 0 aromatic heterocycles. The normalized spacial score (nSPS) is 17.2. The van der Waals surface area contributed by atoms with Gasteiger partial charge in [-0.05, 0) is 23.8 Å². The van der Waals surface area contributed by atoms with E-state index in [1.807, 2.05) is 0 Å². The number of halogens is 2. The zero-order valence-electron chi connectivity index (χ0n) is 10.2. The van der Waals surface area contributed by atoms with Gasteiger partial charge in [-0.15, -0.1) is 0 Å². The molecule has 0 bridgehead atoms. The molecule has 1 aliphatic heterocycles. The zero-order valence-corrected chi connectivity index (χ0v) is 11.7. The lowest BCUT2D eigenvalue weighted by atomic mass is 10.0. The molecule has 0 radical (unpaired) electrons. The summed E-state index contributed by atoms with van der Waals surface area (Å²) in [7, 11) is 0. The molecule has 100 valence electrons. The van der Waals surface area contributed by atoms with Gasteiger partial charge in [0.25, 0.3) is 0 Å². The Kier molecular flexibility index (Phi) is 3.24. The van der Waals surface area contributed by atoms with Gasteiger partial charge in [0.1, 0.15) is 12.2 Å². The fourth-order valence-electron chi connectivity index (χ4n) is 2.41. The number of para-hydroxylation sites is 2. The molecule has 0 unspecified atom stereocenters. The van der Waals surface area contributed by atoms with Crippen molar-refractivity contribution in [2.75, 3.05) is 4.90 Å². The van der Waals surface area contributed by atoms with Crippen LogP contribution in [0, 0.1) is 0 Å². The molecule has 2 aromatic carbocycles. The third-order valence-electron chi connectivity index (χ3n) is 3.30. The summed E-state index contributed by atoms with van der Waals surface area (Å²) in [6.07, 6.45) is 0.645. The van der Waals surface area contributed by atoms with Crippen LogP contribution in [0.15, 0.2) is 42.5 Å². The Hall–Kier alpha value is -1.84. The highest BCUT2D eigenvalue weighted by Crippen LogP contribution is 2.45. The van der Waals surface area contributed by atoms with Gasteiger partial charge in [0.05, 0.1) is 21.4 Å². The predicted octanol–water partition coefficient (Wildman–Crippen LogP) is 3.95. The first-order valence-electron chi connectivity index (χ1n) is 5.97. The monoisotopic (exact) mass is 305 g/mol. The van der Waals surface area contributed by atoms with Crippen molar-refractivity contribution in [1.29, 1.82) is 0 Å². The molecule has 0 saturated heterocycles. The molecule has 0 spiro atoms. The Balaban J connectivity index is 2.25. The first kappa shape index (κ1) is 13.2. The molecule has 1 heterocycles. The number of nitrogens with zero attached hydrogens (tertiary/aromatic N) is 1. The van der Waals surface area contributed by atoms with E-state index in [2.05, 4.69) is 0 Å². The van der Waals surface area contributed by atoms with E-state index in [-0.39, 0.29) is 5.91 Å². The van der Waals surface area contributed by atoms with Crippen LogP contribution in [-0.2, 0) is 9.59 Å². The third kappa shape index (κ3) is 1.82. The number of benzene rings is 2. The lowest BCUT2D eigenvalue weighted by molar-refractivity contribution is -0.122. The van der Waals surface area contributed by atoms with Crippen LogP contribution in [0.5, 0.6) is 0 Å². The summed E-state index contributed by atoms with van der Waals surface area (Å²) in [5.74, 6) is -1.14. The van der Waals surface area contributed by atoms with Crippen molar-refractivity contribution >= 4 is 46.8 Å². The summed E-state index contributed by atoms with van der Waals surface area (Å²) in [4.78, 5) is 25.1. The Morgan fingerprint density at radius 2 is 1.65 bits per heavy atom. The summed E-state index contributed by atoms with van der Waals surface area (Å²) in [6, 6.07) is 12.2. The molecule has 2 aromatic rings. The number of aldehydes is 1. The Morgan fingerprint density at radius 1 is 1.00 bits per heavy atom. The summed E-state index contributed by atoms with van der Waals surface area (Å²) in [5, 5.41) is 0.736. The Morgan fingerprint density at radius 3 is 2.30 bits per heavy atom. The molecular weight excluding hydrogens is 297 g/mol. The van der Waals surface area contributed by atoms with Crippen molar-refractivity contribution in [3.63, 3.8) is 0 Å². The molecule has 3 nitrogen and oxygen atoms in total. The van der Waals surface area contributed by atoms with Crippen molar-refractivity contribution < 1.29 is 9.59 Å². The first-order valence-corrected chi connectivity index (χ1v) is 6.73. The maximum atomic E-state index is 12.5. The minimum absolute atomic E-state index is 0.337. The minimum Gasteiger partial charge on any atom is -0.302 e. The van der Waals surface area contributed by atoms with Gasteiger partial charge < -0.3 is 4.79 Å². The van der Waals surface area contributed by atoms with Gasteiger partial charge in [0.15, 0.2) is 0 Å². The number of hydrogen-bond donors (Lipinski definition) is 0. The molecular formula is C15H9Cl2NO2. The van der Waals surface area contributed by atoms with E-state index in [1.165, 1.54) is 4.90 Å². The highest BCUT2D eigenvalue weighted by Gasteiger charge is 2.39. The standard InChI is InChI=1S/C15H9Cl2NO2/c16-11-5-3-6-12(17)14(11)18-13-7-2-1-4-9(13)10(8-19)15(18)20/h1-8,10H/t10-/m1/s1. The van der Waals surface area contributed by atoms with Crippen LogP contribution in [-0.4, -0.2) is 12.2 Å². The summed E-state index contributed by atoms with van der Waals surface area (Å²) < 4.78 is 0. The van der Waals surface area contributed by atoms with Crippen LogP contribution in [0.3, 0.4) is 0 Å². The van der Waals surface area contributed by atoms with Gasteiger partial charge in [0, 0.05) is 0 Å². The largest absolute Gasteiger partial charge is 0.302 e. The number of hydrogen-bond acceptors (Lipinski definition) is 2. The van der Waals surface area contributed by atoms with E-state index in [0.29, 0.717) is 33.3 Å². The number of fused-ring (bicyclic) bond motifs is 1. The van der Waals surface area contributed by atoms with Crippen molar-refractivity contribution in [3.05, 3.63) is 58.1 Å². The van der Waals surface area contributed by atoms with E-state index in [9.17, 15) is 9.59 Å². The first-order chi connectivity index (χ1) is 9.65. The fourth-order valence-corrected chi connectivity index (χ4v) is 2.98. The molecule has 20 heavy (non-hydrogen) atoms. The molecule has 0 saturated carbocycles. The molecule has 0 aliphatic carbocycles. The second-order valence-electron chi connectivity index (χ2n) is 4.42. The minimum atomic E-state index is -0.807. The van der Waals surface area contributed by atoms with Crippen molar-refractivity contribution in [1.82, 2.24) is 0 Å². The number of carbonyl (C=O) groups is 2. The van der Waals surface area contributed by atoms with E-state index >= 15 is 0 Å². The SMILES string of the molecule is O=C[C@H]1C(=O)N(c2c(Cl)cccc2Cl)c2ccccc21. The summed E-state index contributed by atoms with van der Waals surface area (Å²) in [6.45, 7) is 0. The third-order valence-corrected chi connectivity index (χ3v) is 3.91. The van der Waals surface area contributed by atoms with Crippen LogP contribution < -0.4 is 4.90 Å². The fraction of sp³-hybridized carbons (Fsp3) is 0.0667. The van der Waals surface area contributed by atoms with Gasteiger partial charge in [0.2, 0.25) is 5.91 Å². The number of amides is 1. The van der Waals surface area contributed by atoms with Gasteiger partial charge in [-0.3, -0.25) is 9.69 Å². The lowest BCUT2D eigenvalue weighted by Crippen LogP contribution is -2.25. The number of carbonyl (C=O) groups excluding carboxylic acids is 2. The number of rotatable bonds is 2. The Labute approximate surface area is 125 Å². The smallest absolute Gasteiger partial charge is 0.246 e. The van der Waals surface area contributed by atoms with Crippen LogP contribution in [0.2, 0.25) is 10.0 Å². The van der Waals surface area contributed by atoms with Crippen molar-refractivity contribution in [2.45, 2.75) is 5.92 Å². The molecule has 1 amide bonds. The van der Waals surface area contributed by atoms with E-state index in [1.54, 1.807) is 42.5 Å². The van der Waals surface area contributed by atoms with Crippen LogP contribution in [0.4, 0.5) is 11.4 Å². The topological polar surface area (TPSA) is 37.4 Å². The molecule has 1 atom stereocenters. The molecule has 5 heteroatoms. The van der Waals surface area contributed by atoms with E-state index < -0.39 is 5.92 Å². The second kappa shape index (κ2) is 4.93. The average Bonchev–Trinajstić information content (AvgIpc) is 2.71. The number of anilines is 2. The molecule has 3 rings (SSSR count). The maximum Gasteiger partial charge on any atom is 0.246 e. The summed E-state index contributed by atoms with van der Waals surface area (Å²) >= 11 is 12.3. The van der Waals surface area contributed by atoms with E-state index in [0.717, 1.165) is 0 Å². The van der Waals surface area contributed by atoms with Crippen molar-refractivity contribution in [2.24, 2.45) is 0 Å². The second-order valence-corrected chi connectivity index (χ2v) is 5.23. The lowest BCUT2D eigenvalue weighted by Gasteiger charge is -2.20. The van der Waals surface area contributed by atoms with Gasteiger partial charge in [-0.2, -0.15) is 0 Å². The molecule has 1 aliphatic rings. The highest BCUT2D eigenvalue weighted by atomic mass is 35.5. The molecule has 0 fully saturated rings. The highest BCUT2D eigenvalue weighted by molar-refractivity contribution is 6.41. The van der Waals surface area contributed by atoms with E-state index in [4.69, 9.17) is 23.2 Å². The van der Waals surface area contributed by atoms with Crippen LogP contribution in [0.1, 0.15) is 11.5 Å². The zero-order chi connectivity index (χ0) is 14.3. The quantitative estimate of drug-likeness (QED) is 0.622. The van der Waals surface area contributed by atoms with Gasteiger partial charge in [-0.25, -0.2) is 0 Å². The predicted molar refractivity (Wildman–Crippen MR) is 78.9 cm³/mol. The van der Waals surface area contributed by atoms with Crippen molar-refractivity contribution in [3.8, 4) is 0 Å². The van der Waals surface area contributed by atoms with Gasteiger partial charge >= 0.3 is 0 Å². The van der Waals surface area contributed by atoms with Gasteiger partial charge in [-0.1, -0.05) is 47.5 Å². The summed E-state index contributed by atoms with van der Waals surface area (Å²) in [5.41, 5.74) is 1.73. The maximum absolute atomic E-state index is 12.5. The van der Waals surface area contributed by atoms with Crippen LogP contribution >= 0.6 is 23.2 Å². The van der Waals surface area contributed by atoms with Crippen LogP contribution in [0.25, 0.3) is 0 Å². The molecule has 0 N–H and O–H groups in total. The average molecular weight is 306 g/mol. The Bertz CT molecular complexity index is 695.